The van der Waals surface area contributed by atoms with E-state index in [1.807, 2.05) is 6.08 Å². The summed E-state index contributed by atoms with van der Waals surface area (Å²) in [5.41, 5.74) is 9.32. The lowest BCUT2D eigenvalue weighted by atomic mass is 9.81. The van der Waals surface area contributed by atoms with Crippen molar-refractivity contribution in [3.05, 3.63) is 58.0 Å². The number of benzene rings is 1. The van der Waals surface area contributed by atoms with Crippen LogP contribution in [0.1, 0.15) is 23.8 Å². The second kappa shape index (κ2) is 5.29. The maximum Gasteiger partial charge on any atom is 0.229 e. The van der Waals surface area contributed by atoms with Crippen molar-refractivity contribution in [2.24, 2.45) is 5.73 Å². The lowest BCUT2D eigenvalue weighted by Gasteiger charge is -2.33. The Hall–Kier alpha value is -2.07. The quantitative estimate of drug-likeness (QED) is 0.920. The van der Waals surface area contributed by atoms with Gasteiger partial charge < -0.3 is 10.6 Å². The van der Waals surface area contributed by atoms with Gasteiger partial charge in [0.1, 0.15) is 5.82 Å². The summed E-state index contributed by atoms with van der Waals surface area (Å²) in [6.07, 6.45) is 2.46. The normalized spacial score (nSPS) is 21.9. The van der Waals surface area contributed by atoms with Gasteiger partial charge in [0.2, 0.25) is 5.91 Å². The van der Waals surface area contributed by atoms with Crippen molar-refractivity contribution in [3.8, 4) is 11.1 Å². The smallest absolute Gasteiger partial charge is 0.229 e. The Balaban J connectivity index is 1.99. The number of hydrogen-bond acceptors (Lipinski definition) is 3. The molecule has 0 unspecified atom stereocenters. The third-order valence-electron chi connectivity index (χ3n) is 4.26. The predicted octanol–water partition coefficient (Wildman–Crippen LogP) is 3.64. The molecule has 2 aromatic rings. The Bertz CT molecular complexity index is 762. The van der Waals surface area contributed by atoms with Gasteiger partial charge in [0.15, 0.2) is 0 Å². The van der Waals surface area contributed by atoms with Crippen LogP contribution < -0.4 is 5.73 Å². The van der Waals surface area contributed by atoms with Gasteiger partial charge in [0, 0.05) is 23.8 Å². The average Bonchev–Trinajstić information content (AvgIpc) is 2.95. The number of allylic oxidation sites excluding steroid dienone is 1. The molecule has 0 saturated heterocycles. The molecule has 3 rings (SSSR count). The Morgan fingerprint density at radius 1 is 1.27 bits per heavy atom. The van der Waals surface area contributed by atoms with E-state index in [9.17, 15) is 4.79 Å². The Kier molecular flexibility index (Phi) is 3.57. The minimum Gasteiger partial charge on any atom is -0.385 e. The first-order chi connectivity index (χ1) is 10.4. The number of amides is 1. The monoisotopic (exact) mass is 312 g/mol. The Morgan fingerprint density at radius 3 is 2.73 bits per heavy atom. The van der Waals surface area contributed by atoms with E-state index in [4.69, 9.17) is 5.73 Å². The average molecular weight is 312 g/mol. The van der Waals surface area contributed by atoms with Crippen molar-refractivity contribution in [3.63, 3.8) is 0 Å². The van der Waals surface area contributed by atoms with Gasteiger partial charge in [-0.25, -0.2) is 0 Å². The summed E-state index contributed by atoms with van der Waals surface area (Å²) in [5.74, 6) is 0.595. The lowest BCUT2D eigenvalue weighted by molar-refractivity contribution is -0.129. The number of nitrogens with two attached hydrogens (primary N) is 1. The molecule has 1 aliphatic rings. The van der Waals surface area contributed by atoms with Crippen molar-refractivity contribution in [2.75, 3.05) is 7.05 Å². The molecule has 2 N–H and O–H groups in total. The van der Waals surface area contributed by atoms with Gasteiger partial charge >= 0.3 is 0 Å². The van der Waals surface area contributed by atoms with Crippen LogP contribution >= 0.6 is 11.3 Å². The number of carbonyl (C=O) groups is 1. The van der Waals surface area contributed by atoms with Crippen LogP contribution in [0.15, 0.2) is 47.6 Å². The van der Waals surface area contributed by atoms with Crippen LogP contribution in [0.5, 0.6) is 0 Å². The molecule has 1 aliphatic heterocycles. The third-order valence-corrected chi connectivity index (χ3v) is 5.47. The van der Waals surface area contributed by atoms with Gasteiger partial charge in [0.25, 0.3) is 0 Å². The first-order valence-corrected chi connectivity index (χ1v) is 8.18. The highest BCUT2D eigenvalue weighted by atomic mass is 32.1. The van der Waals surface area contributed by atoms with Crippen molar-refractivity contribution in [2.45, 2.75) is 25.7 Å². The largest absolute Gasteiger partial charge is 0.385 e. The molecule has 1 aromatic carbocycles. The topological polar surface area (TPSA) is 46.3 Å². The molecule has 1 aromatic heterocycles. The Morgan fingerprint density at radius 2 is 2.05 bits per heavy atom. The molecule has 0 aliphatic carbocycles. The molecule has 0 spiro atoms. The molecule has 4 heteroatoms. The highest BCUT2D eigenvalue weighted by Crippen LogP contribution is 2.39. The van der Waals surface area contributed by atoms with Crippen molar-refractivity contribution >= 4 is 17.2 Å². The molecule has 1 amide bonds. The standard InChI is InChI=1S/C18H20N2OS/c1-12-5-4-6-13(7-12)14-8-15(22-11-14)18(2)9-16(19)20(3)17(21)10-18/h4-9,11H,10,19H2,1-3H3/t18-/m0/s1. The van der Waals surface area contributed by atoms with Crippen LogP contribution in [-0.2, 0) is 10.2 Å². The SMILES string of the molecule is Cc1cccc(-c2csc([C@@]3(C)C=C(N)N(C)C(=O)C3)c2)c1. The number of rotatable bonds is 2. The summed E-state index contributed by atoms with van der Waals surface area (Å²) in [4.78, 5) is 14.8. The summed E-state index contributed by atoms with van der Waals surface area (Å²) in [6.45, 7) is 4.17. The fourth-order valence-corrected chi connectivity index (χ4v) is 3.87. The number of carbonyl (C=O) groups excluding carboxylic acids is 1. The fraction of sp³-hybridized carbons (Fsp3) is 0.278. The molecule has 2 heterocycles. The number of thiophene rings is 1. The zero-order valence-electron chi connectivity index (χ0n) is 13.1. The van der Waals surface area contributed by atoms with E-state index in [2.05, 4.69) is 49.6 Å². The van der Waals surface area contributed by atoms with Crippen LogP contribution in [0.2, 0.25) is 0 Å². The van der Waals surface area contributed by atoms with Gasteiger partial charge in [-0.1, -0.05) is 36.8 Å². The molecule has 114 valence electrons. The highest BCUT2D eigenvalue weighted by molar-refractivity contribution is 7.10. The lowest BCUT2D eigenvalue weighted by Crippen LogP contribution is -2.41. The van der Waals surface area contributed by atoms with Crippen molar-refractivity contribution in [1.82, 2.24) is 4.90 Å². The van der Waals surface area contributed by atoms with Gasteiger partial charge in [0.05, 0.1) is 0 Å². The molecule has 0 saturated carbocycles. The first-order valence-electron chi connectivity index (χ1n) is 7.30. The molecular formula is C18H20N2OS. The molecule has 1 atom stereocenters. The summed E-state index contributed by atoms with van der Waals surface area (Å²) >= 11 is 1.69. The number of aryl methyl sites for hydroxylation is 1. The fourth-order valence-electron chi connectivity index (χ4n) is 2.82. The van der Waals surface area contributed by atoms with E-state index in [1.165, 1.54) is 26.5 Å². The molecule has 3 nitrogen and oxygen atoms in total. The van der Waals surface area contributed by atoms with Crippen LogP contribution in [0.25, 0.3) is 11.1 Å². The van der Waals surface area contributed by atoms with Crippen molar-refractivity contribution in [1.29, 1.82) is 0 Å². The zero-order valence-corrected chi connectivity index (χ0v) is 13.9. The van der Waals surface area contributed by atoms with E-state index in [1.54, 1.807) is 18.4 Å². The Labute approximate surface area is 135 Å². The summed E-state index contributed by atoms with van der Waals surface area (Å²) < 4.78 is 0. The first kappa shape index (κ1) is 14.9. The summed E-state index contributed by atoms with van der Waals surface area (Å²) in [7, 11) is 1.72. The maximum absolute atomic E-state index is 12.1. The van der Waals surface area contributed by atoms with Gasteiger partial charge in [-0.05, 0) is 35.6 Å². The molecule has 0 radical (unpaired) electrons. The van der Waals surface area contributed by atoms with E-state index in [-0.39, 0.29) is 11.3 Å². The second-order valence-electron chi connectivity index (χ2n) is 6.19. The maximum atomic E-state index is 12.1. The van der Waals surface area contributed by atoms with Crippen LogP contribution in [0.3, 0.4) is 0 Å². The van der Waals surface area contributed by atoms with Crippen LogP contribution in [-0.4, -0.2) is 17.9 Å². The third kappa shape index (κ3) is 2.55. The molecular weight excluding hydrogens is 292 g/mol. The van der Waals surface area contributed by atoms with Gasteiger partial charge in [-0.2, -0.15) is 0 Å². The van der Waals surface area contributed by atoms with E-state index < -0.39 is 0 Å². The minimum absolute atomic E-state index is 0.0630. The van der Waals surface area contributed by atoms with E-state index in [0.717, 1.165) is 0 Å². The van der Waals surface area contributed by atoms with Crippen molar-refractivity contribution < 1.29 is 4.79 Å². The minimum atomic E-state index is -0.319. The van der Waals surface area contributed by atoms with Crippen LogP contribution in [0.4, 0.5) is 0 Å². The van der Waals surface area contributed by atoms with Crippen LogP contribution in [0, 0.1) is 6.92 Å². The number of nitrogens with zero attached hydrogens (tertiary/aromatic N) is 1. The molecule has 0 fully saturated rings. The number of hydrogen-bond donors (Lipinski definition) is 1. The second-order valence-corrected chi connectivity index (χ2v) is 7.10. The van der Waals surface area contributed by atoms with Gasteiger partial charge in [-0.15, -0.1) is 11.3 Å². The highest BCUT2D eigenvalue weighted by Gasteiger charge is 2.35. The predicted molar refractivity (Wildman–Crippen MR) is 91.5 cm³/mol. The molecule has 0 bridgehead atoms. The zero-order chi connectivity index (χ0) is 15.9. The van der Waals surface area contributed by atoms with E-state index in [0.29, 0.717) is 12.2 Å². The van der Waals surface area contributed by atoms with E-state index >= 15 is 0 Å². The molecule has 22 heavy (non-hydrogen) atoms. The summed E-state index contributed by atoms with van der Waals surface area (Å²) in [6, 6.07) is 10.6. The summed E-state index contributed by atoms with van der Waals surface area (Å²) in [5, 5.41) is 2.15. The van der Waals surface area contributed by atoms with Gasteiger partial charge in [-0.3, -0.25) is 4.79 Å².